The van der Waals surface area contributed by atoms with Gasteiger partial charge in [-0.2, -0.15) is 0 Å². The first kappa shape index (κ1) is 14.0. The predicted molar refractivity (Wildman–Crippen MR) is 77.6 cm³/mol. The summed E-state index contributed by atoms with van der Waals surface area (Å²) in [5, 5.41) is 0. The smallest absolute Gasteiger partial charge is 0.140 e. The Bertz CT molecular complexity index is 434. The van der Waals surface area contributed by atoms with Gasteiger partial charge < -0.3 is 5.73 Å². The quantitative estimate of drug-likeness (QED) is 0.904. The van der Waals surface area contributed by atoms with Crippen molar-refractivity contribution >= 4 is 11.5 Å². The number of carbonyl (C=O) groups excluding carboxylic acids is 1. The summed E-state index contributed by atoms with van der Waals surface area (Å²) in [6.45, 7) is 4.56. The Hall–Kier alpha value is -1.38. The summed E-state index contributed by atoms with van der Waals surface area (Å²) >= 11 is 0. The van der Waals surface area contributed by atoms with E-state index in [0.29, 0.717) is 17.9 Å². The molecule has 0 aromatic carbocycles. The number of pyridine rings is 1. The minimum absolute atomic E-state index is 0.231. The highest BCUT2D eigenvalue weighted by molar-refractivity contribution is 5.84. The second-order valence-corrected chi connectivity index (χ2v) is 6.07. The molecule has 0 aliphatic heterocycles. The van der Waals surface area contributed by atoms with Crippen molar-refractivity contribution in [2.24, 2.45) is 17.8 Å². The molecule has 2 N–H and O–H groups in total. The number of Topliss-reactive ketones (excluding diaryl/α,β-unsaturated/α-hetero) is 1. The van der Waals surface area contributed by atoms with Gasteiger partial charge in [-0.1, -0.05) is 13.8 Å². The zero-order valence-corrected chi connectivity index (χ0v) is 11.9. The summed E-state index contributed by atoms with van der Waals surface area (Å²) in [5.41, 5.74) is 7.42. The molecule has 0 amide bonds. The van der Waals surface area contributed by atoms with Crippen LogP contribution in [0.3, 0.4) is 0 Å². The summed E-state index contributed by atoms with van der Waals surface area (Å²) in [7, 11) is 0. The first-order valence-electron chi connectivity index (χ1n) is 7.29. The van der Waals surface area contributed by atoms with E-state index in [-0.39, 0.29) is 5.92 Å². The molecular formula is C16H24N2O. The van der Waals surface area contributed by atoms with Gasteiger partial charge in [-0.15, -0.1) is 0 Å². The second kappa shape index (κ2) is 6.18. The Balaban J connectivity index is 1.90. The third kappa shape index (κ3) is 3.55. The lowest BCUT2D eigenvalue weighted by Crippen LogP contribution is -2.25. The maximum Gasteiger partial charge on any atom is 0.140 e. The van der Waals surface area contributed by atoms with Crippen molar-refractivity contribution in [2.75, 3.05) is 5.73 Å². The zero-order valence-electron chi connectivity index (χ0n) is 11.9. The Labute approximate surface area is 115 Å². The lowest BCUT2D eigenvalue weighted by molar-refractivity contribution is -0.123. The highest BCUT2D eigenvalue weighted by atomic mass is 16.1. The molecule has 1 aliphatic carbocycles. The van der Waals surface area contributed by atoms with Gasteiger partial charge in [0.15, 0.2) is 0 Å². The molecule has 1 aromatic rings. The number of nitrogen functional groups attached to an aromatic ring is 1. The Morgan fingerprint density at radius 3 is 2.63 bits per heavy atom. The minimum atomic E-state index is 0.231. The van der Waals surface area contributed by atoms with Crippen molar-refractivity contribution < 1.29 is 4.79 Å². The third-order valence-electron chi connectivity index (χ3n) is 4.48. The van der Waals surface area contributed by atoms with Gasteiger partial charge in [0.25, 0.3) is 0 Å². The number of aromatic nitrogens is 1. The molecule has 0 saturated heterocycles. The van der Waals surface area contributed by atoms with Crippen molar-refractivity contribution in [3.05, 3.63) is 24.0 Å². The number of carbonyl (C=O) groups is 1. The van der Waals surface area contributed by atoms with E-state index in [4.69, 9.17) is 5.73 Å². The number of ketones is 1. The van der Waals surface area contributed by atoms with Gasteiger partial charge in [0, 0.05) is 36.0 Å². The van der Waals surface area contributed by atoms with Crippen LogP contribution in [0.1, 0.15) is 45.1 Å². The lowest BCUT2D eigenvalue weighted by Gasteiger charge is -2.30. The normalized spacial score (nSPS) is 23.5. The number of hydrogen-bond donors (Lipinski definition) is 1. The van der Waals surface area contributed by atoms with Gasteiger partial charge in [0.1, 0.15) is 5.78 Å². The first-order valence-corrected chi connectivity index (χ1v) is 7.29. The average molecular weight is 260 g/mol. The first-order chi connectivity index (χ1) is 9.08. The van der Waals surface area contributed by atoms with Crippen LogP contribution < -0.4 is 5.73 Å². The SMILES string of the molecule is CC(C)C1CCC(C(=O)Cc2cnccc2N)CC1. The van der Waals surface area contributed by atoms with Crippen molar-refractivity contribution in [1.29, 1.82) is 0 Å². The molecule has 19 heavy (non-hydrogen) atoms. The molecule has 0 radical (unpaired) electrons. The maximum atomic E-state index is 12.3. The van der Waals surface area contributed by atoms with Crippen LogP contribution in [0.2, 0.25) is 0 Å². The van der Waals surface area contributed by atoms with E-state index >= 15 is 0 Å². The van der Waals surface area contributed by atoms with Crippen LogP contribution in [0.5, 0.6) is 0 Å². The van der Waals surface area contributed by atoms with Gasteiger partial charge >= 0.3 is 0 Å². The van der Waals surface area contributed by atoms with Gasteiger partial charge in [-0.05, 0) is 43.6 Å². The van der Waals surface area contributed by atoms with Crippen molar-refractivity contribution in [2.45, 2.75) is 46.0 Å². The molecule has 3 heteroatoms. The molecule has 1 aromatic heterocycles. The molecule has 2 rings (SSSR count). The summed E-state index contributed by atoms with van der Waals surface area (Å²) in [6.07, 6.45) is 8.29. The molecule has 104 valence electrons. The van der Waals surface area contributed by atoms with Crippen LogP contribution in [-0.2, 0) is 11.2 Å². The van der Waals surface area contributed by atoms with E-state index in [9.17, 15) is 4.79 Å². The fourth-order valence-electron chi connectivity index (χ4n) is 3.03. The Kier molecular flexibility index (Phi) is 4.56. The number of anilines is 1. The number of rotatable bonds is 4. The Morgan fingerprint density at radius 1 is 1.37 bits per heavy atom. The van der Waals surface area contributed by atoms with Crippen LogP contribution in [0.15, 0.2) is 18.5 Å². The molecule has 0 unspecified atom stereocenters. The molecule has 0 spiro atoms. The number of nitrogens with zero attached hydrogens (tertiary/aromatic N) is 1. The topological polar surface area (TPSA) is 56.0 Å². The van der Waals surface area contributed by atoms with Crippen LogP contribution in [-0.4, -0.2) is 10.8 Å². The monoisotopic (exact) mass is 260 g/mol. The van der Waals surface area contributed by atoms with E-state index in [1.54, 1.807) is 18.5 Å². The zero-order chi connectivity index (χ0) is 13.8. The van der Waals surface area contributed by atoms with Crippen molar-refractivity contribution in [3.63, 3.8) is 0 Å². The van der Waals surface area contributed by atoms with Crippen LogP contribution >= 0.6 is 0 Å². The summed E-state index contributed by atoms with van der Waals surface area (Å²) in [5.74, 6) is 2.11. The fourth-order valence-corrected chi connectivity index (χ4v) is 3.03. The predicted octanol–water partition coefficient (Wildman–Crippen LogP) is 3.24. The standard InChI is InChI=1S/C16H24N2O/c1-11(2)12-3-5-13(6-4-12)16(19)9-14-10-18-8-7-15(14)17/h7-8,10-13H,3-6,9H2,1-2H3,(H2,17,18). The number of nitrogens with two attached hydrogens (primary N) is 1. The largest absolute Gasteiger partial charge is 0.398 e. The molecular weight excluding hydrogens is 236 g/mol. The van der Waals surface area contributed by atoms with E-state index in [0.717, 1.165) is 30.2 Å². The van der Waals surface area contributed by atoms with E-state index in [1.165, 1.54) is 12.8 Å². The van der Waals surface area contributed by atoms with Gasteiger partial charge in [0.2, 0.25) is 0 Å². The summed E-state index contributed by atoms with van der Waals surface area (Å²) in [6, 6.07) is 1.76. The molecule has 1 aliphatic rings. The molecule has 0 atom stereocenters. The fraction of sp³-hybridized carbons (Fsp3) is 0.625. The van der Waals surface area contributed by atoms with Crippen molar-refractivity contribution in [3.8, 4) is 0 Å². The lowest BCUT2D eigenvalue weighted by atomic mass is 9.75. The highest BCUT2D eigenvalue weighted by Gasteiger charge is 2.27. The van der Waals surface area contributed by atoms with E-state index in [2.05, 4.69) is 18.8 Å². The van der Waals surface area contributed by atoms with Crippen LogP contribution in [0.4, 0.5) is 5.69 Å². The Morgan fingerprint density at radius 2 is 2.05 bits per heavy atom. The van der Waals surface area contributed by atoms with Gasteiger partial charge in [-0.3, -0.25) is 9.78 Å². The third-order valence-corrected chi connectivity index (χ3v) is 4.48. The van der Waals surface area contributed by atoms with Crippen LogP contribution in [0, 0.1) is 17.8 Å². The van der Waals surface area contributed by atoms with Gasteiger partial charge in [0.05, 0.1) is 0 Å². The van der Waals surface area contributed by atoms with Gasteiger partial charge in [-0.25, -0.2) is 0 Å². The maximum absolute atomic E-state index is 12.3. The van der Waals surface area contributed by atoms with Crippen LogP contribution in [0.25, 0.3) is 0 Å². The van der Waals surface area contributed by atoms with E-state index in [1.807, 2.05) is 0 Å². The van der Waals surface area contributed by atoms with Crippen molar-refractivity contribution in [1.82, 2.24) is 4.98 Å². The molecule has 1 heterocycles. The number of hydrogen-bond acceptors (Lipinski definition) is 3. The average Bonchev–Trinajstić information content (AvgIpc) is 2.41. The summed E-state index contributed by atoms with van der Waals surface area (Å²) < 4.78 is 0. The highest BCUT2D eigenvalue weighted by Crippen LogP contribution is 2.34. The molecule has 0 bridgehead atoms. The van der Waals surface area contributed by atoms with E-state index < -0.39 is 0 Å². The molecule has 1 saturated carbocycles. The summed E-state index contributed by atoms with van der Waals surface area (Å²) in [4.78, 5) is 16.4. The minimum Gasteiger partial charge on any atom is -0.398 e. The second-order valence-electron chi connectivity index (χ2n) is 6.07. The molecule has 3 nitrogen and oxygen atoms in total. The molecule has 1 fully saturated rings.